The van der Waals surface area contributed by atoms with Gasteiger partial charge in [-0.15, -0.1) is 5.10 Å². The number of ether oxygens (including phenoxy) is 1. The highest BCUT2D eigenvalue weighted by Crippen LogP contribution is 2.40. The van der Waals surface area contributed by atoms with Crippen molar-refractivity contribution in [3.63, 3.8) is 0 Å². The number of aromatic nitrogens is 3. The lowest BCUT2D eigenvalue weighted by atomic mass is 10.0. The van der Waals surface area contributed by atoms with Crippen LogP contribution in [0.3, 0.4) is 0 Å². The molecule has 0 amide bonds. The van der Waals surface area contributed by atoms with Gasteiger partial charge in [0.15, 0.2) is 5.82 Å². The predicted octanol–water partition coefficient (Wildman–Crippen LogP) is 2.48. The molecule has 3 aromatic rings. The number of fused-ring (bicyclic) bond motifs is 1. The summed E-state index contributed by atoms with van der Waals surface area (Å²) in [6.45, 7) is 5.12. The van der Waals surface area contributed by atoms with Gasteiger partial charge in [0.25, 0.3) is 0 Å². The molecule has 1 fully saturated rings. The van der Waals surface area contributed by atoms with E-state index < -0.39 is 0 Å². The molecule has 0 radical (unpaired) electrons. The Hall–Kier alpha value is -1.96. The first kappa shape index (κ1) is 15.6. The molecule has 3 heterocycles. The lowest BCUT2D eigenvalue weighted by molar-refractivity contribution is 0.0241. The first-order valence-electron chi connectivity index (χ1n) is 8.22. The van der Waals surface area contributed by atoms with Crippen LogP contribution in [0.5, 0.6) is 5.88 Å². The fourth-order valence-corrected chi connectivity index (χ4v) is 4.25. The maximum absolute atomic E-state index is 10.8. The van der Waals surface area contributed by atoms with E-state index in [0.29, 0.717) is 13.2 Å². The molecule has 24 heavy (non-hydrogen) atoms. The number of thiazole rings is 1. The van der Waals surface area contributed by atoms with E-state index in [2.05, 4.69) is 27.1 Å². The Morgan fingerprint density at radius 1 is 1.25 bits per heavy atom. The monoisotopic (exact) mass is 344 g/mol. The lowest BCUT2D eigenvalue weighted by Crippen LogP contribution is -2.39. The predicted molar refractivity (Wildman–Crippen MR) is 92.6 cm³/mol. The summed E-state index contributed by atoms with van der Waals surface area (Å²) in [5.74, 6) is 0.952. The minimum Gasteiger partial charge on any atom is -0.492 e. The van der Waals surface area contributed by atoms with Gasteiger partial charge in [-0.3, -0.25) is 4.90 Å². The normalized spacial score (nSPS) is 17.4. The molecule has 1 atom stereocenters. The Morgan fingerprint density at radius 2 is 2.00 bits per heavy atom. The van der Waals surface area contributed by atoms with Crippen LogP contribution in [0.2, 0.25) is 0 Å². The first-order chi connectivity index (χ1) is 11.8. The molecule has 0 spiro atoms. The van der Waals surface area contributed by atoms with Gasteiger partial charge in [0, 0.05) is 19.5 Å². The number of hydrogen-bond acceptors (Lipinski definition) is 6. The van der Waals surface area contributed by atoms with Crippen molar-refractivity contribution in [1.29, 1.82) is 0 Å². The van der Waals surface area contributed by atoms with Gasteiger partial charge in [-0.1, -0.05) is 48.6 Å². The van der Waals surface area contributed by atoms with Gasteiger partial charge in [-0.05, 0) is 5.56 Å². The van der Waals surface area contributed by atoms with Crippen molar-refractivity contribution in [2.75, 3.05) is 26.3 Å². The molecule has 0 saturated carbocycles. The third kappa shape index (κ3) is 2.68. The van der Waals surface area contributed by atoms with Crippen molar-refractivity contribution in [1.82, 2.24) is 19.5 Å². The zero-order valence-electron chi connectivity index (χ0n) is 13.6. The summed E-state index contributed by atoms with van der Waals surface area (Å²) >= 11 is 1.51. The summed E-state index contributed by atoms with van der Waals surface area (Å²) in [4.78, 5) is 8.49. The molecular formula is C17H20N4O2S. The molecule has 4 rings (SSSR count). The van der Waals surface area contributed by atoms with Crippen LogP contribution >= 0.6 is 11.3 Å². The number of hydrogen-bond donors (Lipinski definition) is 1. The quantitative estimate of drug-likeness (QED) is 0.788. The van der Waals surface area contributed by atoms with E-state index >= 15 is 0 Å². The summed E-state index contributed by atoms with van der Waals surface area (Å²) in [5.41, 5.74) is 1.16. The Balaban J connectivity index is 1.80. The second kappa shape index (κ2) is 6.51. The molecule has 1 aliphatic rings. The van der Waals surface area contributed by atoms with E-state index in [9.17, 15) is 5.11 Å². The highest BCUT2D eigenvalue weighted by molar-refractivity contribution is 7.17. The lowest BCUT2D eigenvalue weighted by Gasteiger charge is -2.34. The van der Waals surface area contributed by atoms with Crippen LogP contribution in [-0.2, 0) is 11.2 Å². The van der Waals surface area contributed by atoms with Crippen molar-refractivity contribution in [3.8, 4) is 5.88 Å². The fourth-order valence-electron chi connectivity index (χ4n) is 3.12. The number of nitrogens with zero attached hydrogens (tertiary/aromatic N) is 4. The van der Waals surface area contributed by atoms with Crippen LogP contribution in [0.4, 0.5) is 0 Å². The SMILES string of the molecule is CCc1nc2sc([C@@H](c3ccccc3)N3CCOCC3)c(O)n2n1. The van der Waals surface area contributed by atoms with Crippen LogP contribution in [0.1, 0.15) is 29.2 Å². The maximum atomic E-state index is 10.8. The molecule has 7 heteroatoms. The second-order valence-electron chi connectivity index (χ2n) is 5.83. The molecule has 1 N–H and O–H groups in total. The second-order valence-corrected chi connectivity index (χ2v) is 6.84. The number of benzene rings is 1. The number of morpholine rings is 1. The minimum absolute atomic E-state index is 0.00586. The molecule has 0 unspecified atom stereocenters. The van der Waals surface area contributed by atoms with Gasteiger partial charge in [0.2, 0.25) is 10.8 Å². The Bertz CT molecular complexity index is 824. The molecule has 6 nitrogen and oxygen atoms in total. The molecule has 0 bridgehead atoms. The summed E-state index contributed by atoms with van der Waals surface area (Å²) in [7, 11) is 0. The number of rotatable bonds is 4. The van der Waals surface area contributed by atoms with Crippen molar-refractivity contribution in [2.24, 2.45) is 0 Å². The minimum atomic E-state index is -0.00586. The van der Waals surface area contributed by atoms with Crippen molar-refractivity contribution >= 4 is 16.3 Å². The molecule has 1 aliphatic heterocycles. The highest BCUT2D eigenvalue weighted by atomic mass is 32.1. The Kier molecular flexibility index (Phi) is 4.22. The largest absolute Gasteiger partial charge is 0.492 e. The molecule has 126 valence electrons. The average Bonchev–Trinajstić information content (AvgIpc) is 3.17. The summed E-state index contributed by atoms with van der Waals surface area (Å²) < 4.78 is 7.06. The van der Waals surface area contributed by atoms with E-state index in [-0.39, 0.29) is 11.9 Å². The van der Waals surface area contributed by atoms with E-state index in [1.54, 1.807) is 4.52 Å². The zero-order valence-corrected chi connectivity index (χ0v) is 14.4. The third-order valence-corrected chi connectivity index (χ3v) is 5.41. The standard InChI is InChI=1S/C17H20N4O2S/c1-2-13-18-17-21(19-13)16(22)15(24-17)14(12-6-4-3-5-7-12)20-8-10-23-11-9-20/h3-7,14,22H,2,8-11H2,1H3/t14-/m1/s1. The summed E-state index contributed by atoms with van der Waals surface area (Å²) in [5, 5.41) is 15.2. The Labute approximate surface area is 144 Å². The molecule has 1 aromatic carbocycles. The summed E-state index contributed by atoms with van der Waals surface area (Å²) in [6, 6.07) is 10.3. The van der Waals surface area contributed by atoms with Gasteiger partial charge < -0.3 is 9.84 Å². The van der Waals surface area contributed by atoms with Crippen LogP contribution in [0.15, 0.2) is 30.3 Å². The molecule has 2 aromatic heterocycles. The fraction of sp³-hybridized carbons (Fsp3) is 0.412. The zero-order chi connectivity index (χ0) is 16.5. The van der Waals surface area contributed by atoms with E-state index in [0.717, 1.165) is 40.7 Å². The first-order valence-corrected chi connectivity index (χ1v) is 9.03. The topological polar surface area (TPSA) is 62.9 Å². The maximum Gasteiger partial charge on any atom is 0.230 e. The third-order valence-electron chi connectivity index (χ3n) is 4.33. The van der Waals surface area contributed by atoms with Crippen molar-refractivity contribution in [2.45, 2.75) is 19.4 Å². The molecular weight excluding hydrogens is 324 g/mol. The van der Waals surface area contributed by atoms with Gasteiger partial charge >= 0.3 is 0 Å². The van der Waals surface area contributed by atoms with Crippen LogP contribution < -0.4 is 0 Å². The van der Waals surface area contributed by atoms with E-state index in [1.807, 2.05) is 25.1 Å². The average molecular weight is 344 g/mol. The highest BCUT2D eigenvalue weighted by Gasteiger charge is 2.30. The van der Waals surface area contributed by atoms with Gasteiger partial charge in [0.05, 0.1) is 24.1 Å². The molecule has 0 aliphatic carbocycles. The summed E-state index contributed by atoms with van der Waals surface area (Å²) in [6.07, 6.45) is 0.759. The van der Waals surface area contributed by atoms with Gasteiger partial charge in [0.1, 0.15) is 0 Å². The van der Waals surface area contributed by atoms with Crippen LogP contribution in [-0.4, -0.2) is 50.9 Å². The van der Waals surface area contributed by atoms with Crippen molar-refractivity contribution in [3.05, 3.63) is 46.6 Å². The van der Waals surface area contributed by atoms with E-state index in [4.69, 9.17) is 4.74 Å². The van der Waals surface area contributed by atoms with Crippen LogP contribution in [0, 0.1) is 0 Å². The van der Waals surface area contributed by atoms with Crippen LogP contribution in [0.25, 0.3) is 4.96 Å². The number of aromatic hydroxyl groups is 1. The smallest absolute Gasteiger partial charge is 0.230 e. The van der Waals surface area contributed by atoms with Crippen molar-refractivity contribution < 1.29 is 9.84 Å². The number of aryl methyl sites for hydroxylation is 1. The van der Waals surface area contributed by atoms with E-state index in [1.165, 1.54) is 11.3 Å². The Morgan fingerprint density at radius 3 is 2.67 bits per heavy atom. The molecule has 1 saturated heterocycles. The van der Waals surface area contributed by atoms with Gasteiger partial charge in [-0.2, -0.15) is 4.52 Å². The van der Waals surface area contributed by atoms with Gasteiger partial charge in [-0.25, -0.2) is 4.98 Å².